The first-order valence-electron chi connectivity index (χ1n) is 5.52. The van der Waals surface area contributed by atoms with E-state index in [0.717, 1.165) is 0 Å². The van der Waals surface area contributed by atoms with E-state index in [9.17, 15) is 8.42 Å². The molecule has 8 heteroatoms. The van der Waals surface area contributed by atoms with E-state index >= 15 is 0 Å². The Hall–Kier alpha value is -1.73. The van der Waals surface area contributed by atoms with Gasteiger partial charge < -0.3 is 10.3 Å². The van der Waals surface area contributed by atoms with Crippen molar-refractivity contribution in [2.75, 3.05) is 10.5 Å². The van der Waals surface area contributed by atoms with Crippen molar-refractivity contribution in [1.29, 1.82) is 0 Å². The van der Waals surface area contributed by atoms with Crippen LogP contribution in [0.2, 0.25) is 5.02 Å². The second-order valence-corrected chi connectivity index (χ2v) is 5.92. The first-order chi connectivity index (χ1) is 8.92. The van der Waals surface area contributed by atoms with E-state index in [1.54, 1.807) is 10.6 Å². The number of hydrogen-bond acceptors (Lipinski definition) is 4. The molecule has 0 aliphatic rings. The number of rotatable bonds is 4. The number of nitrogens with two attached hydrogens (primary N) is 1. The normalized spacial score (nSPS) is 11.5. The molecule has 19 heavy (non-hydrogen) atoms. The highest BCUT2D eigenvalue weighted by atomic mass is 35.5. The number of hydrogen-bond donors (Lipinski definition) is 2. The van der Waals surface area contributed by atoms with E-state index < -0.39 is 10.0 Å². The predicted molar refractivity (Wildman–Crippen MR) is 74.6 cm³/mol. The lowest BCUT2D eigenvalue weighted by Crippen LogP contribution is -2.13. The van der Waals surface area contributed by atoms with Crippen LogP contribution in [0.1, 0.15) is 6.92 Å². The van der Waals surface area contributed by atoms with E-state index in [4.69, 9.17) is 17.3 Å². The molecular weight excluding hydrogens is 288 g/mol. The van der Waals surface area contributed by atoms with Crippen LogP contribution in [0, 0.1) is 0 Å². The molecule has 0 radical (unpaired) electrons. The van der Waals surface area contributed by atoms with Gasteiger partial charge in [-0.1, -0.05) is 11.6 Å². The van der Waals surface area contributed by atoms with Crippen LogP contribution in [0.25, 0.3) is 0 Å². The van der Waals surface area contributed by atoms with Gasteiger partial charge in [0.2, 0.25) is 0 Å². The van der Waals surface area contributed by atoms with Crippen molar-refractivity contribution in [3.8, 4) is 0 Å². The standard InChI is InChI=1S/C11H13ClN4O2S/c1-2-16-6-11(14-7-16)19(17,18)15-10-4-3-8(13)5-9(10)12/h3-7,15H,2,13H2,1H3. The van der Waals surface area contributed by atoms with E-state index in [-0.39, 0.29) is 15.7 Å². The maximum atomic E-state index is 12.1. The Morgan fingerprint density at radius 1 is 1.47 bits per heavy atom. The summed E-state index contributed by atoms with van der Waals surface area (Å²) in [6.07, 6.45) is 2.91. The topological polar surface area (TPSA) is 90.0 Å². The molecule has 0 atom stereocenters. The van der Waals surface area contributed by atoms with Crippen LogP contribution in [0.5, 0.6) is 0 Å². The number of halogens is 1. The first kappa shape index (κ1) is 13.7. The molecule has 1 heterocycles. The molecule has 3 N–H and O–H groups in total. The third-order valence-electron chi connectivity index (χ3n) is 2.49. The number of sulfonamides is 1. The van der Waals surface area contributed by atoms with Crippen molar-refractivity contribution in [2.45, 2.75) is 18.5 Å². The Morgan fingerprint density at radius 3 is 2.79 bits per heavy atom. The molecule has 0 unspecified atom stereocenters. The van der Waals surface area contributed by atoms with E-state index in [0.29, 0.717) is 12.2 Å². The molecule has 0 fully saturated rings. The zero-order valence-electron chi connectivity index (χ0n) is 10.2. The molecule has 0 spiro atoms. The zero-order valence-corrected chi connectivity index (χ0v) is 11.7. The summed E-state index contributed by atoms with van der Waals surface area (Å²) in [5.41, 5.74) is 6.27. The van der Waals surface area contributed by atoms with Gasteiger partial charge in [-0.15, -0.1) is 0 Å². The second kappa shape index (κ2) is 5.10. The fourth-order valence-corrected chi connectivity index (χ4v) is 2.79. The Labute approximate surface area is 116 Å². The van der Waals surface area contributed by atoms with Gasteiger partial charge in [-0.3, -0.25) is 4.72 Å². The quantitative estimate of drug-likeness (QED) is 0.844. The summed E-state index contributed by atoms with van der Waals surface area (Å²) in [6, 6.07) is 4.55. The maximum absolute atomic E-state index is 12.1. The molecule has 1 aromatic heterocycles. The van der Waals surface area contributed by atoms with Gasteiger partial charge >= 0.3 is 0 Å². The minimum Gasteiger partial charge on any atom is -0.399 e. The summed E-state index contributed by atoms with van der Waals surface area (Å²) >= 11 is 5.92. The molecule has 0 aliphatic carbocycles. The summed E-state index contributed by atoms with van der Waals surface area (Å²) in [7, 11) is -3.75. The molecule has 2 rings (SSSR count). The van der Waals surface area contributed by atoms with Crippen LogP contribution in [0.3, 0.4) is 0 Å². The number of aromatic nitrogens is 2. The van der Waals surface area contributed by atoms with Crippen molar-refractivity contribution in [3.05, 3.63) is 35.7 Å². The average molecular weight is 301 g/mol. The van der Waals surface area contributed by atoms with Gasteiger partial charge in [-0.2, -0.15) is 8.42 Å². The lowest BCUT2D eigenvalue weighted by molar-refractivity contribution is 0.598. The average Bonchev–Trinajstić information content (AvgIpc) is 2.82. The van der Waals surface area contributed by atoms with Crippen LogP contribution < -0.4 is 10.5 Å². The molecular formula is C11H13ClN4O2S. The number of imidazole rings is 1. The summed E-state index contributed by atoms with van der Waals surface area (Å²) in [6.45, 7) is 2.54. The van der Waals surface area contributed by atoms with Gasteiger partial charge in [-0.05, 0) is 25.1 Å². The molecule has 0 saturated heterocycles. The Kier molecular flexibility index (Phi) is 3.68. The third-order valence-corrected chi connectivity index (χ3v) is 4.05. The van der Waals surface area contributed by atoms with Gasteiger partial charge in [0.15, 0.2) is 5.03 Å². The van der Waals surface area contributed by atoms with Crippen LogP contribution >= 0.6 is 11.6 Å². The predicted octanol–water partition coefficient (Wildman–Crippen LogP) is 1.94. The van der Waals surface area contributed by atoms with Crippen LogP contribution in [-0.4, -0.2) is 18.0 Å². The summed E-state index contributed by atoms with van der Waals surface area (Å²) in [5, 5.41) is 0.181. The largest absolute Gasteiger partial charge is 0.399 e. The van der Waals surface area contributed by atoms with Gasteiger partial charge in [0.1, 0.15) is 0 Å². The fourth-order valence-electron chi connectivity index (χ4n) is 1.46. The minimum absolute atomic E-state index is 0.0535. The second-order valence-electron chi connectivity index (χ2n) is 3.89. The molecule has 102 valence electrons. The highest BCUT2D eigenvalue weighted by Crippen LogP contribution is 2.26. The SMILES string of the molecule is CCn1cnc(S(=O)(=O)Nc2ccc(N)cc2Cl)c1. The molecule has 0 amide bonds. The van der Waals surface area contributed by atoms with Gasteiger partial charge in [-0.25, -0.2) is 4.98 Å². The molecule has 1 aromatic carbocycles. The minimum atomic E-state index is -3.75. The zero-order chi connectivity index (χ0) is 14.0. The molecule has 0 aliphatic heterocycles. The highest BCUT2D eigenvalue weighted by molar-refractivity contribution is 7.92. The summed E-state index contributed by atoms with van der Waals surface area (Å²) in [4.78, 5) is 3.85. The number of benzene rings is 1. The highest BCUT2D eigenvalue weighted by Gasteiger charge is 2.18. The van der Waals surface area contributed by atoms with E-state index in [1.165, 1.54) is 24.7 Å². The van der Waals surface area contributed by atoms with Crippen molar-refractivity contribution in [3.63, 3.8) is 0 Å². The Balaban J connectivity index is 2.30. The number of nitrogens with zero attached hydrogens (tertiary/aromatic N) is 2. The van der Waals surface area contributed by atoms with Crippen LogP contribution in [0.4, 0.5) is 11.4 Å². The van der Waals surface area contributed by atoms with Crippen molar-refractivity contribution in [2.24, 2.45) is 0 Å². The number of nitrogen functional groups attached to an aromatic ring is 1. The van der Waals surface area contributed by atoms with E-state index in [1.807, 2.05) is 6.92 Å². The van der Waals surface area contributed by atoms with Crippen molar-refractivity contribution >= 4 is 33.0 Å². The van der Waals surface area contributed by atoms with Gasteiger partial charge in [0, 0.05) is 18.4 Å². The summed E-state index contributed by atoms with van der Waals surface area (Å²) < 4.78 is 28.2. The first-order valence-corrected chi connectivity index (χ1v) is 7.38. The Morgan fingerprint density at radius 2 is 2.21 bits per heavy atom. The number of aryl methyl sites for hydroxylation is 1. The van der Waals surface area contributed by atoms with Crippen LogP contribution in [-0.2, 0) is 16.6 Å². The molecule has 0 bridgehead atoms. The van der Waals surface area contributed by atoms with Crippen LogP contribution in [0.15, 0.2) is 35.7 Å². The van der Waals surface area contributed by atoms with Gasteiger partial charge in [0.25, 0.3) is 10.0 Å². The number of anilines is 2. The van der Waals surface area contributed by atoms with Gasteiger partial charge in [0.05, 0.1) is 17.0 Å². The lowest BCUT2D eigenvalue weighted by Gasteiger charge is -2.08. The molecule has 6 nitrogen and oxygen atoms in total. The fraction of sp³-hybridized carbons (Fsp3) is 0.182. The number of nitrogens with one attached hydrogen (secondary N) is 1. The van der Waals surface area contributed by atoms with Crippen molar-refractivity contribution < 1.29 is 8.42 Å². The Bertz CT molecular complexity index is 696. The van der Waals surface area contributed by atoms with Crippen molar-refractivity contribution in [1.82, 2.24) is 9.55 Å². The molecule has 0 saturated carbocycles. The van der Waals surface area contributed by atoms with E-state index in [2.05, 4.69) is 9.71 Å². The third kappa shape index (κ3) is 2.99. The lowest BCUT2D eigenvalue weighted by atomic mass is 10.3. The monoisotopic (exact) mass is 300 g/mol. The molecule has 2 aromatic rings. The summed E-state index contributed by atoms with van der Waals surface area (Å²) in [5.74, 6) is 0. The maximum Gasteiger partial charge on any atom is 0.280 e. The smallest absolute Gasteiger partial charge is 0.280 e.